The molecule has 0 aliphatic heterocycles. The molecule has 0 fully saturated rings. The monoisotopic (exact) mass is 246 g/mol. The first-order valence-corrected chi connectivity index (χ1v) is 6.60. The predicted molar refractivity (Wildman–Crippen MR) is 68.1 cm³/mol. The third-order valence-electron chi connectivity index (χ3n) is 3.08. The molecule has 0 spiro atoms. The predicted octanol–water partition coefficient (Wildman–Crippen LogP) is 2.67. The number of nitrogens with zero attached hydrogens (tertiary/aromatic N) is 1. The molecule has 0 saturated carbocycles. The Balaban J connectivity index is 1.72. The number of aryl methyl sites for hydroxylation is 1. The standard InChI is InChI=1S/C13H14N2OS/c14-12-4-1-9-7-10(2-3-11(9)12)16-8-13-15-5-6-17-13/h2-3,5-7,12H,1,4,8,14H2/t12-/m0/s1. The van der Waals surface area contributed by atoms with Crippen LogP contribution in [0.2, 0.25) is 0 Å². The van der Waals surface area contributed by atoms with Crippen LogP contribution in [0.4, 0.5) is 0 Å². The maximum absolute atomic E-state index is 6.00. The van der Waals surface area contributed by atoms with Gasteiger partial charge in [0.2, 0.25) is 0 Å². The van der Waals surface area contributed by atoms with E-state index in [9.17, 15) is 0 Å². The van der Waals surface area contributed by atoms with Gasteiger partial charge in [0.1, 0.15) is 17.4 Å². The van der Waals surface area contributed by atoms with Gasteiger partial charge in [0.15, 0.2) is 0 Å². The molecule has 3 nitrogen and oxygen atoms in total. The van der Waals surface area contributed by atoms with Crippen molar-refractivity contribution in [3.8, 4) is 5.75 Å². The summed E-state index contributed by atoms with van der Waals surface area (Å²) >= 11 is 1.61. The van der Waals surface area contributed by atoms with Crippen molar-refractivity contribution in [2.24, 2.45) is 5.73 Å². The fourth-order valence-electron chi connectivity index (χ4n) is 2.19. The van der Waals surface area contributed by atoms with E-state index in [-0.39, 0.29) is 6.04 Å². The molecule has 88 valence electrons. The number of rotatable bonds is 3. The van der Waals surface area contributed by atoms with Crippen LogP contribution in [-0.4, -0.2) is 4.98 Å². The molecular formula is C13H14N2OS. The van der Waals surface area contributed by atoms with E-state index in [2.05, 4.69) is 17.1 Å². The summed E-state index contributed by atoms with van der Waals surface area (Å²) in [6.07, 6.45) is 3.90. The van der Waals surface area contributed by atoms with Crippen LogP contribution in [0, 0.1) is 0 Å². The van der Waals surface area contributed by atoms with Crippen LogP contribution in [0.15, 0.2) is 29.8 Å². The van der Waals surface area contributed by atoms with Crippen LogP contribution in [0.3, 0.4) is 0 Å². The van der Waals surface area contributed by atoms with Gasteiger partial charge in [0.25, 0.3) is 0 Å². The number of thiazole rings is 1. The first-order chi connectivity index (χ1) is 8.33. The second kappa shape index (κ2) is 4.47. The van der Waals surface area contributed by atoms with Gasteiger partial charge in [-0.1, -0.05) is 6.07 Å². The highest BCUT2D eigenvalue weighted by molar-refractivity contribution is 7.09. The summed E-state index contributed by atoms with van der Waals surface area (Å²) in [5.74, 6) is 0.910. The summed E-state index contributed by atoms with van der Waals surface area (Å²) in [4.78, 5) is 4.19. The maximum Gasteiger partial charge on any atom is 0.140 e. The highest BCUT2D eigenvalue weighted by Gasteiger charge is 2.19. The number of hydrogen-bond donors (Lipinski definition) is 1. The minimum atomic E-state index is 0.206. The minimum absolute atomic E-state index is 0.206. The highest BCUT2D eigenvalue weighted by Crippen LogP contribution is 2.32. The van der Waals surface area contributed by atoms with Gasteiger partial charge >= 0.3 is 0 Å². The smallest absolute Gasteiger partial charge is 0.140 e. The zero-order chi connectivity index (χ0) is 11.7. The van der Waals surface area contributed by atoms with Crippen molar-refractivity contribution < 1.29 is 4.74 Å². The number of fused-ring (bicyclic) bond motifs is 1. The minimum Gasteiger partial charge on any atom is -0.486 e. The first-order valence-electron chi connectivity index (χ1n) is 5.72. The normalized spacial score (nSPS) is 18.1. The molecule has 1 heterocycles. The average Bonchev–Trinajstić information content (AvgIpc) is 2.97. The lowest BCUT2D eigenvalue weighted by atomic mass is 10.1. The molecular weight excluding hydrogens is 232 g/mol. The van der Waals surface area contributed by atoms with Gasteiger partial charge in [-0.15, -0.1) is 11.3 Å². The SMILES string of the molecule is N[C@H]1CCc2cc(OCc3nccs3)ccc21. The van der Waals surface area contributed by atoms with Gasteiger partial charge in [0, 0.05) is 17.6 Å². The molecule has 0 bridgehead atoms. The summed E-state index contributed by atoms with van der Waals surface area (Å²) in [7, 11) is 0. The molecule has 2 aromatic rings. The first kappa shape index (κ1) is 10.7. The van der Waals surface area contributed by atoms with Crippen molar-refractivity contribution >= 4 is 11.3 Å². The van der Waals surface area contributed by atoms with E-state index in [1.807, 2.05) is 11.4 Å². The Morgan fingerprint density at radius 2 is 2.41 bits per heavy atom. The Hall–Kier alpha value is -1.39. The second-order valence-electron chi connectivity index (χ2n) is 4.22. The maximum atomic E-state index is 6.00. The van der Waals surface area contributed by atoms with E-state index >= 15 is 0 Å². The molecule has 0 amide bonds. The fourth-order valence-corrected chi connectivity index (χ4v) is 2.71. The molecule has 0 saturated heterocycles. The van der Waals surface area contributed by atoms with Crippen molar-refractivity contribution in [3.05, 3.63) is 45.9 Å². The third kappa shape index (κ3) is 2.18. The Kier molecular flexibility index (Phi) is 2.82. The van der Waals surface area contributed by atoms with Crippen molar-refractivity contribution in [2.45, 2.75) is 25.5 Å². The van der Waals surface area contributed by atoms with Crippen molar-refractivity contribution in [3.63, 3.8) is 0 Å². The van der Waals surface area contributed by atoms with E-state index in [1.54, 1.807) is 17.5 Å². The quantitative estimate of drug-likeness (QED) is 0.905. The van der Waals surface area contributed by atoms with Gasteiger partial charge in [-0.3, -0.25) is 0 Å². The van der Waals surface area contributed by atoms with Crippen molar-refractivity contribution in [2.75, 3.05) is 0 Å². The summed E-state index contributed by atoms with van der Waals surface area (Å²) in [6.45, 7) is 0.544. The molecule has 1 aromatic carbocycles. The molecule has 1 aliphatic carbocycles. The number of benzene rings is 1. The summed E-state index contributed by atoms with van der Waals surface area (Å²) in [6, 6.07) is 6.40. The van der Waals surface area contributed by atoms with Gasteiger partial charge < -0.3 is 10.5 Å². The zero-order valence-electron chi connectivity index (χ0n) is 9.43. The molecule has 1 atom stereocenters. The van der Waals surface area contributed by atoms with Crippen LogP contribution in [0.1, 0.15) is 28.6 Å². The Morgan fingerprint density at radius 3 is 3.24 bits per heavy atom. The van der Waals surface area contributed by atoms with E-state index in [0.717, 1.165) is 23.6 Å². The lowest BCUT2D eigenvalue weighted by Crippen LogP contribution is -2.05. The van der Waals surface area contributed by atoms with Crippen molar-refractivity contribution in [1.82, 2.24) is 4.98 Å². The fraction of sp³-hybridized carbons (Fsp3) is 0.308. The molecule has 0 unspecified atom stereocenters. The number of ether oxygens (including phenoxy) is 1. The van der Waals surface area contributed by atoms with Crippen LogP contribution in [0.25, 0.3) is 0 Å². The molecule has 2 N–H and O–H groups in total. The number of hydrogen-bond acceptors (Lipinski definition) is 4. The molecule has 0 radical (unpaired) electrons. The summed E-state index contributed by atoms with van der Waals surface area (Å²) in [5, 5.41) is 2.96. The summed E-state index contributed by atoms with van der Waals surface area (Å²) < 4.78 is 5.72. The Labute approximate surface area is 104 Å². The molecule has 3 rings (SSSR count). The van der Waals surface area contributed by atoms with Crippen LogP contribution in [-0.2, 0) is 13.0 Å². The molecule has 17 heavy (non-hydrogen) atoms. The Bertz CT molecular complexity index is 510. The van der Waals surface area contributed by atoms with E-state index in [4.69, 9.17) is 10.5 Å². The van der Waals surface area contributed by atoms with E-state index in [0.29, 0.717) is 6.61 Å². The third-order valence-corrected chi connectivity index (χ3v) is 3.84. The van der Waals surface area contributed by atoms with E-state index in [1.165, 1.54) is 11.1 Å². The number of nitrogens with two attached hydrogens (primary N) is 1. The Morgan fingerprint density at radius 1 is 1.47 bits per heavy atom. The van der Waals surface area contributed by atoms with Gasteiger partial charge in [-0.25, -0.2) is 4.98 Å². The second-order valence-corrected chi connectivity index (χ2v) is 5.20. The van der Waals surface area contributed by atoms with E-state index < -0.39 is 0 Å². The molecule has 1 aliphatic rings. The largest absolute Gasteiger partial charge is 0.486 e. The van der Waals surface area contributed by atoms with Crippen LogP contribution in [0.5, 0.6) is 5.75 Å². The van der Waals surface area contributed by atoms with Gasteiger partial charge in [-0.2, -0.15) is 0 Å². The highest BCUT2D eigenvalue weighted by atomic mass is 32.1. The van der Waals surface area contributed by atoms with Gasteiger partial charge in [0.05, 0.1) is 0 Å². The van der Waals surface area contributed by atoms with Gasteiger partial charge in [-0.05, 0) is 36.1 Å². The summed E-state index contributed by atoms with van der Waals surface area (Å²) in [5.41, 5.74) is 8.60. The topological polar surface area (TPSA) is 48.1 Å². The van der Waals surface area contributed by atoms with Crippen molar-refractivity contribution in [1.29, 1.82) is 0 Å². The molecule has 1 aromatic heterocycles. The lowest BCUT2D eigenvalue weighted by Gasteiger charge is -2.08. The number of aromatic nitrogens is 1. The lowest BCUT2D eigenvalue weighted by molar-refractivity contribution is 0.305. The van der Waals surface area contributed by atoms with Crippen LogP contribution < -0.4 is 10.5 Å². The zero-order valence-corrected chi connectivity index (χ0v) is 10.2. The average molecular weight is 246 g/mol. The molecule has 4 heteroatoms. The van der Waals surface area contributed by atoms with Crippen LogP contribution >= 0.6 is 11.3 Å².